The molecule has 0 bridgehead atoms. The first-order valence-electron chi connectivity index (χ1n) is 6.87. The summed E-state index contributed by atoms with van der Waals surface area (Å²) in [6.45, 7) is 3.73. The summed E-state index contributed by atoms with van der Waals surface area (Å²) in [5.41, 5.74) is 0.426. The van der Waals surface area contributed by atoms with Crippen LogP contribution in [0.2, 0.25) is 0 Å². The maximum atomic E-state index is 11.9. The Kier molecular flexibility index (Phi) is 6.49. The molecule has 7 nitrogen and oxygen atoms in total. The summed E-state index contributed by atoms with van der Waals surface area (Å²) < 4.78 is 10.2. The zero-order valence-corrected chi connectivity index (χ0v) is 13.1. The summed E-state index contributed by atoms with van der Waals surface area (Å²) in [5.74, 6) is -0.186. The summed E-state index contributed by atoms with van der Waals surface area (Å²) in [6.07, 6.45) is 0.289. The molecular weight excluding hydrogens is 288 g/mol. The van der Waals surface area contributed by atoms with Gasteiger partial charge in [0.2, 0.25) is 0 Å². The second kappa shape index (κ2) is 8.11. The number of nitrogens with one attached hydrogen (secondary N) is 2. The Labute approximate surface area is 129 Å². The van der Waals surface area contributed by atoms with Crippen molar-refractivity contribution in [2.75, 3.05) is 19.5 Å². The third-order valence-electron chi connectivity index (χ3n) is 2.91. The van der Waals surface area contributed by atoms with Crippen molar-refractivity contribution in [2.24, 2.45) is 5.92 Å². The highest BCUT2D eigenvalue weighted by molar-refractivity contribution is 5.92. The minimum atomic E-state index is -1.31. The number of carbonyl (C=O) groups is 2. The largest absolute Gasteiger partial charge is 0.548 e. The molecule has 2 N–H and O–H groups in total. The molecule has 0 aromatic heterocycles. The Bertz CT molecular complexity index is 508. The minimum Gasteiger partial charge on any atom is -0.548 e. The summed E-state index contributed by atoms with van der Waals surface area (Å²) in [6, 6.07) is 3.17. The van der Waals surface area contributed by atoms with Crippen LogP contribution in [-0.4, -0.2) is 32.3 Å². The molecule has 1 aromatic carbocycles. The smallest absolute Gasteiger partial charge is 0.319 e. The Hall–Kier alpha value is -2.44. The van der Waals surface area contributed by atoms with Crippen molar-refractivity contribution in [2.45, 2.75) is 26.3 Å². The molecule has 7 heteroatoms. The van der Waals surface area contributed by atoms with Crippen LogP contribution in [0, 0.1) is 5.92 Å². The quantitative estimate of drug-likeness (QED) is 0.782. The molecule has 0 aliphatic carbocycles. The van der Waals surface area contributed by atoms with Crippen LogP contribution in [-0.2, 0) is 4.79 Å². The first-order valence-corrected chi connectivity index (χ1v) is 6.87. The summed E-state index contributed by atoms with van der Waals surface area (Å²) in [5, 5.41) is 16.0. The zero-order valence-electron chi connectivity index (χ0n) is 13.1. The summed E-state index contributed by atoms with van der Waals surface area (Å²) in [7, 11) is 2.99. The molecule has 22 heavy (non-hydrogen) atoms. The van der Waals surface area contributed by atoms with E-state index in [4.69, 9.17) is 9.47 Å². The maximum absolute atomic E-state index is 11.9. The number of carboxylic acid groups (broad SMARTS) is 1. The minimum absolute atomic E-state index is 0.111. The molecule has 0 radical (unpaired) electrons. The van der Waals surface area contributed by atoms with E-state index in [1.165, 1.54) is 14.2 Å². The van der Waals surface area contributed by atoms with Gasteiger partial charge in [-0.1, -0.05) is 13.8 Å². The van der Waals surface area contributed by atoms with Crippen LogP contribution in [0.5, 0.6) is 11.5 Å². The highest BCUT2D eigenvalue weighted by atomic mass is 16.5. The van der Waals surface area contributed by atoms with Crippen LogP contribution < -0.4 is 25.2 Å². The predicted molar refractivity (Wildman–Crippen MR) is 80.0 cm³/mol. The van der Waals surface area contributed by atoms with Crippen molar-refractivity contribution in [3.05, 3.63) is 18.2 Å². The number of rotatable bonds is 7. The zero-order chi connectivity index (χ0) is 16.7. The van der Waals surface area contributed by atoms with E-state index >= 15 is 0 Å². The van der Waals surface area contributed by atoms with Crippen LogP contribution in [0.3, 0.4) is 0 Å². The van der Waals surface area contributed by atoms with Gasteiger partial charge in [-0.15, -0.1) is 0 Å². The molecule has 1 atom stereocenters. The van der Waals surface area contributed by atoms with E-state index in [-0.39, 0.29) is 12.3 Å². The van der Waals surface area contributed by atoms with Crippen molar-refractivity contribution < 1.29 is 24.2 Å². The first-order chi connectivity index (χ1) is 10.3. The van der Waals surface area contributed by atoms with Crippen molar-refractivity contribution in [1.29, 1.82) is 0 Å². The first kappa shape index (κ1) is 17.6. The standard InChI is InChI=1S/C15H22N2O5/c1-9(2)5-13(14(18)19)17-15(20)16-10-6-11(21-3)8-12(7-10)22-4/h6-9,13H,5H2,1-4H3,(H,18,19)(H2,16,17,20)/p-1/t13-/m0/s1. The van der Waals surface area contributed by atoms with Crippen LogP contribution in [0.4, 0.5) is 10.5 Å². The molecular formula is C15H21N2O5-. The normalized spacial score (nSPS) is 11.7. The van der Waals surface area contributed by atoms with Crippen LogP contribution in [0.25, 0.3) is 0 Å². The molecule has 0 saturated heterocycles. The molecule has 1 aromatic rings. The SMILES string of the molecule is COc1cc(NC(=O)N[C@@H](CC(C)C)C(=O)[O-])cc(OC)c1. The van der Waals surface area contributed by atoms with Crippen LogP contribution >= 0.6 is 0 Å². The fraction of sp³-hybridized carbons (Fsp3) is 0.467. The van der Waals surface area contributed by atoms with E-state index in [0.29, 0.717) is 17.2 Å². The lowest BCUT2D eigenvalue weighted by Gasteiger charge is -2.21. The van der Waals surface area contributed by atoms with Gasteiger partial charge in [0.15, 0.2) is 0 Å². The average Bonchev–Trinajstić information content (AvgIpc) is 2.45. The second-order valence-electron chi connectivity index (χ2n) is 5.20. The number of carboxylic acids is 1. The van der Waals surface area contributed by atoms with Gasteiger partial charge in [0.1, 0.15) is 11.5 Å². The van der Waals surface area contributed by atoms with Gasteiger partial charge >= 0.3 is 6.03 Å². The second-order valence-corrected chi connectivity index (χ2v) is 5.20. The Morgan fingerprint density at radius 3 is 2.09 bits per heavy atom. The summed E-state index contributed by atoms with van der Waals surface area (Å²) in [4.78, 5) is 22.9. The van der Waals surface area contributed by atoms with Gasteiger partial charge in [-0.05, 0) is 12.3 Å². The number of benzene rings is 1. The van der Waals surface area contributed by atoms with E-state index in [1.54, 1.807) is 18.2 Å². The fourth-order valence-corrected chi connectivity index (χ4v) is 1.89. The molecule has 2 amide bonds. The van der Waals surface area contributed by atoms with Crippen molar-refractivity contribution in [1.82, 2.24) is 5.32 Å². The summed E-state index contributed by atoms with van der Waals surface area (Å²) >= 11 is 0. The molecule has 122 valence electrons. The van der Waals surface area contributed by atoms with Gasteiger partial charge in [-0.3, -0.25) is 0 Å². The molecule has 0 unspecified atom stereocenters. The highest BCUT2D eigenvalue weighted by Crippen LogP contribution is 2.25. The number of hydrogen-bond donors (Lipinski definition) is 2. The number of anilines is 1. The predicted octanol–water partition coefficient (Wildman–Crippen LogP) is 0.990. The molecule has 0 heterocycles. The number of urea groups is 1. The number of amides is 2. The van der Waals surface area contributed by atoms with Gasteiger partial charge in [0.05, 0.1) is 26.2 Å². The Balaban J connectivity index is 2.77. The van der Waals surface area contributed by atoms with Crippen LogP contribution in [0.15, 0.2) is 18.2 Å². The van der Waals surface area contributed by atoms with Crippen molar-refractivity contribution >= 4 is 17.7 Å². The van der Waals surface area contributed by atoms with Gasteiger partial charge in [-0.25, -0.2) is 4.79 Å². The Morgan fingerprint density at radius 1 is 1.14 bits per heavy atom. The number of methoxy groups -OCH3 is 2. The van der Waals surface area contributed by atoms with E-state index in [9.17, 15) is 14.7 Å². The fourth-order valence-electron chi connectivity index (χ4n) is 1.89. The van der Waals surface area contributed by atoms with E-state index in [1.807, 2.05) is 13.8 Å². The molecule has 0 aliphatic rings. The topological polar surface area (TPSA) is 99.7 Å². The van der Waals surface area contributed by atoms with Crippen molar-refractivity contribution in [3.63, 3.8) is 0 Å². The number of carbonyl (C=O) groups excluding carboxylic acids is 2. The van der Waals surface area contributed by atoms with Crippen LogP contribution in [0.1, 0.15) is 20.3 Å². The molecule has 0 fully saturated rings. The van der Waals surface area contributed by atoms with Gasteiger partial charge < -0.3 is 30.0 Å². The number of aliphatic carboxylic acids is 1. The van der Waals surface area contributed by atoms with Crippen molar-refractivity contribution in [3.8, 4) is 11.5 Å². The monoisotopic (exact) mass is 309 g/mol. The lowest BCUT2D eigenvalue weighted by molar-refractivity contribution is -0.308. The lowest BCUT2D eigenvalue weighted by atomic mass is 10.0. The lowest BCUT2D eigenvalue weighted by Crippen LogP contribution is -2.49. The molecule has 0 spiro atoms. The van der Waals surface area contributed by atoms with Gasteiger partial charge in [0, 0.05) is 23.9 Å². The van der Waals surface area contributed by atoms with E-state index in [0.717, 1.165) is 0 Å². The van der Waals surface area contributed by atoms with Gasteiger partial charge in [0.25, 0.3) is 0 Å². The molecule has 0 aliphatic heterocycles. The number of ether oxygens (including phenoxy) is 2. The highest BCUT2D eigenvalue weighted by Gasteiger charge is 2.15. The number of hydrogen-bond acceptors (Lipinski definition) is 5. The third-order valence-corrected chi connectivity index (χ3v) is 2.91. The molecule has 1 rings (SSSR count). The molecule has 0 saturated carbocycles. The average molecular weight is 309 g/mol. The Morgan fingerprint density at radius 2 is 1.68 bits per heavy atom. The maximum Gasteiger partial charge on any atom is 0.319 e. The van der Waals surface area contributed by atoms with E-state index < -0.39 is 18.0 Å². The van der Waals surface area contributed by atoms with Gasteiger partial charge in [-0.2, -0.15) is 0 Å². The van der Waals surface area contributed by atoms with E-state index in [2.05, 4.69) is 10.6 Å². The third kappa shape index (κ3) is 5.51.